The highest BCUT2D eigenvalue weighted by Gasteiger charge is 2.08. The van der Waals surface area contributed by atoms with Gasteiger partial charge in [-0.25, -0.2) is 13.6 Å². The standard InChI is InChI=1S/C11H18N2O2S/c1-3-5-9(2)13-10-6-4-7-11(8-10)16(12,14)15/h4,6-9,13H,3,5H2,1-2H3,(H2,12,14,15). The van der Waals surface area contributed by atoms with E-state index in [1.54, 1.807) is 12.1 Å². The van der Waals surface area contributed by atoms with Crippen molar-refractivity contribution in [1.29, 1.82) is 0 Å². The minimum atomic E-state index is -3.61. The van der Waals surface area contributed by atoms with E-state index in [4.69, 9.17) is 5.14 Å². The van der Waals surface area contributed by atoms with Gasteiger partial charge >= 0.3 is 0 Å². The molecule has 0 heterocycles. The third-order valence-corrected chi connectivity index (χ3v) is 3.21. The third kappa shape index (κ3) is 3.83. The molecule has 1 atom stereocenters. The van der Waals surface area contributed by atoms with Crippen LogP contribution in [0.5, 0.6) is 0 Å². The number of anilines is 1. The summed E-state index contributed by atoms with van der Waals surface area (Å²) in [7, 11) is -3.61. The van der Waals surface area contributed by atoms with E-state index in [2.05, 4.69) is 19.2 Å². The predicted molar refractivity (Wildman–Crippen MR) is 65.8 cm³/mol. The second-order valence-electron chi connectivity index (χ2n) is 3.91. The lowest BCUT2D eigenvalue weighted by atomic mass is 10.2. The minimum absolute atomic E-state index is 0.140. The molecule has 1 aromatic carbocycles. The number of rotatable bonds is 5. The molecule has 0 aliphatic heterocycles. The van der Waals surface area contributed by atoms with Gasteiger partial charge in [-0.15, -0.1) is 0 Å². The molecule has 1 rings (SSSR count). The topological polar surface area (TPSA) is 72.2 Å². The van der Waals surface area contributed by atoms with Crippen LogP contribution >= 0.6 is 0 Å². The quantitative estimate of drug-likeness (QED) is 0.828. The van der Waals surface area contributed by atoms with Crippen LogP contribution in [-0.2, 0) is 10.0 Å². The van der Waals surface area contributed by atoms with Crippen LogP contribution in [0.25, 0.3) is 0 Å². The Labute approximate surface area is 96.9 Å². The molecule has 1 unspecified atom stereocenters. The van der Waals surface area contributed by atoms with Gasteiger partial charge in [-0.1, -0.05) is 19.4 Å². The minimum Gasteiger partial charge on any atom is -0.383 e. The molecule has 3 N–H and O–H groups in total. The molecule has 16 heavy (non-hydrogen) atoms. The zero-order valence-corrected chi connectivity index (χ0v) is 10.4. The van der Waals surface area contributed by atoms with Crippen LogP contribution < -0.4 is 10.5 Å². The van der Waals surface area contributed by atoms with E-state index in [0.717, 1.165) is 18.5 Å². The highest BCUT2D eigenvalue weighted by atomic mass is 32.2. The molecule has 1 aromatic rings. The zero-order chi connectivity index (χ0) is 12.2. The van der Waals surface area contributed by atoms with Crippen molar-refractivity contribution in [3.63, 3.8) is 0 Å². The number of sulfonamides is 1. The fourth-order valence-electron chi connectivity index (χ4n) is 1.55. The van der Waals surface area contributed by atoms with Crippen LogP contribution in [0.15, 0.2) is 29.2 Å². The van der Waals surface area contributed by atoms with Crippen molar-refractivity contribution in [2.24, 2.45) is 5.14 Å². The van der Waals surface area contributed by atoms with Crippen LogP contribution in [0.1, 0.15) is 26.7 Å². The number of benzene rings is 1. The van der Waals surface area contributed by atoms with Gasteiger partial charge in [-0.3, -0.25) is 0 Å². The van der Waals surface area contributed by atoms with E-state index in [0.29, 0.717) is 6.04 Å². The summed E-state index contributed by atoms with van der Waals surface area (Å²) >= 11 is 0. The second kappa shape index (κ2) is 5.32. The molecule has 4 nitrogen and oxygen atoms in total. The molecule has 0 aliphatic carbocycles. The summed E-state index contributed by atoms with van der Waals surface area (Å²) in [5.41, 5.74) is 0.785. The molecule has 0 radical (unpaired) electrons. The van der Waals surface area contributed by atoms with Crippen molar-refractivity contribution in [1.82, 2.24) is 0 Å². The van der Waals surface area contributed by atoms with Crippen LogP contribution in [0, 0.1) is 0 Å². The Bertz CT molecular complexity index is 443. The summed E-state index contributed by atoms with van der Waals surface area (Å²) in [6.07, 6.45) is 2.13. The zero-order valence-electron chi connectivity index (χ0n) is 9.60. The van der Waals surface area contributed by atoms with Crippen LogP contribution in [-0.4, -0.2) is 14.5 Å². The summed E-state index contributed by atoms with van der Waals surface area (Å²) in [6.45, 7) is 4.17. The fraction of sp³-hybridized carbons (Fsp3) is 0.455. The maximum atomic E-state index is 11.1. The molecule has 0 saturated heterocycles. The van der Waals surface area contributed by atoms with Crippen LogP contribution in [0.3, 0.4) is 0 Å². The first-order valence-corrected chi connectivity index (χ1v) is 6.87. The summed E-state index contributed by atoms with van der Waals surface area (Å²) in [6, 6.07) is 6.88. The fourth-order valence-corrected chi connectivity index (χ4v) is 2.11. The van der Waals surface area contributed by atoms with E-state index in [1.165, 1.54) is 6.07 Å². The summed E-state index contributed by atoms with van der Waals surface area (Å²) in [5.74, 6) is 0. The largest absolute Gasteiger partial charge is 0.383 e. The van der Waals surface area contributed by atoms with E-state index >= 15 is 0 Å². The Morgan fingerprint density at radius 1 is 1.44 bits per heavy atom. The maximum Gasteiger partial charge on any atom is 0.238 e. The summed E-state index contributed by atoms with van der Waals surface area (Å²) < 4.78 is 22.3. The molecule has 5 heteroatoms. The van der Waals surface area contributed by atoms with Gasteiger partial charge in [0.2, 0.25) is 10.0 Å². The first kappa shape index (κ1) is 13.0. The van der Waals surface area contributed by atoms with Crippen molar-refractivity contribution in [3.8, 4) is 0 Å². The Hall–Kier alpha value is -1.07. The molecule has 0 bridgehead atoms. The Balaban J connectivity index is 2.83. The van der Waals surface area contributed by atoms with E-state index in [9.17, 15) is 8.42 Å². The molecule has 0 spiro atoms. The third-order valence-electron chi connectivity index (χ3n) is 2.30. The van der Waals surface area contributed by atoms with Gasteiger partial charge in [0.1, 0.15) is 0 Å². The average molecular weight is 242 g/mol. The number of hydrogen-bond donors (Lipinski definition) is 2. The highest BCUT2D eigenvalue weighted by molar-refractivity contribution is 7.89. The van der Waals surface area contributed by atoms with Crippen molar-refractivity contribution in [3.05, 3.63) is 24.3 Å². The molecule has 0 aromatic heterocycles. The van der Waals surface area contributed by atoms with E-state index < -0.39 is 10.0 Å². The first-order chi connectivity index (χ1) is 7.43. The first-order valence-electron chi connectivity index (χ1n) is 5.33. The monoisotopic (exact) mass is 242 g/mol. The van der Waals surface area contributed by atoms with Gasteiger partial charge < -0.3 is 5.32 Å². The van der Waals surface area contributed by atoms with Gasteiger partial charge in [0.15, 0.2) is 0 Å². The molecular formula is C11H18N2O2S. The van der Waals surface area contributed by atoms with Gasteiger partial charge in [0.25, 0.3) is 0 Å². The lowest BCUT2D eigenvalue weighted by molar-refractivity contribution is 0.597. The summed E-state index contributed by atoms with van der Waals surface area (Å²) in [5, 5.41) is 8.29. The molecule has 0 amide bonds. The van der Waals surface area contributed by atoms with Crippen LogP contribution in [0.2, 0.25) is 0 Å². The van der Waals surface area contributed by atoms with Crippen LogP contribution in [0.4, 0.5) is 5.69 Å². The number of nitrogens with two attached hydrogens (primary N) is 1. The maximum absolute atomic E-state index is 11.1. The number of nitrogens with one attached hydrogen (secondary N) is 1. The van der Waals surface area contributed by atoms with Crippen molar-refractivity contribution < 1.29 is 8.42 Å². The van der Waals surface area contributed by atoms with Crippen molar-refractivity contribution >= 4 is 15.7 Å². The Morgan fingerprint density at radius 2 is 2.12 bits per heavy atom. The molecule has 0 fully saturated rings. The van der Waals surface area contributed by atoms with Gasteiger partial charge in [-0.05, 0) is 31.5 Å². The molecule has 0 saturated carbocycles. The second-order valence-corrected chi connectivity index (χ2v) is 5.47. The molecule has 90 valence electrons. The molecular weight excluding hydrogens is 224 g/mol. The highest BCUT2D eigenvalue weighted by Crippen LogP contribution is 2.15. The average Bonchev–Trinajstić information content (AvgIpc) is 2.17. The Kier molecular flexibility index (Phi) is 4.32. The lowest BCUT2D eigenvalue weighted by Gasteiger charge is -2.14. The van der Waals surface area contributed by atoms with Gasteiger partial charge in [-0.2, -0.15) is 0 Å². The SMILES string of the molecule is CCCC(C)Nc1cccc(S(N)(=O)=O)c1. The van der Waals surface area contributed by atoms with Gasteiger partial charge in [0.05, 0.1) is 4.90 Å². The van der Waals surface area contributed by atoms with Crippen molar-refractivity contribution in [2.45, 2.75) is 37.6 Å². The summed E-state index contributed by atoms with van der Waals surface area (Å²) in [4.78, 5) is 0.140. The predicted octanol–water partition coefficient (Wildman–Crippen LogP) is 1.93. The van der Waals surface area contributed by atoms with Gasteiger partial charge in [0, 0.05) is 11.7 Å². The van der Waals surface area contributed by atoms with E-state index in [1.807, 2.05) is 6.07 Å². The van der Waals surface area contributed by atoms with Crippen molar-refractivity contribution in [2.75, 3.05) is 5.32 Å². The lowest BCUT2D eigenvalue weighted by Crippen LogP contribution is -2.16. The number of hydrogen-bond acceptors (Lipinski definition) is 3. The smallest absolute Gasteiger partial charge is 0.238 e. The normalized spacial score (nSPS) is 13.4. The Morgan fingerprint density at radius 3 is 2.69 bits per heavy atom. The van der Waals surface area contributed by atoms with E-state index in [-0.39, 0.29) is 4.90 Å². The molecule has 0 aliphatic rings. The number of primary sulfonamides is 1.